The first-order valence-corrected chi connectivity index (χ1v) is 11.4. The average Bonchev–Trinajstić information content (AvgIpc) is 3.22. The predicted octanol–water partition coefficient (Wildman–Crippen LogP) is 6.24. The minimum absolute atomic E-state index is 0.0143. The van der Waals surface area contributed by atoms with E-state index in [0.29, 0.717) is 18.1 Å². The fourth-order valence-electron chi connectivity index (χ4n) is 4.10. The summed E-state index contributed by atoms with van der Waals surface area (Å²) in [6.45, 7) is 4.56. The molecule has 0 saturated heterocycles. The Labute approximate surface area is 191 Å². The Bertz CT molecular complexity index is 1420. The largest absolute Gasteiger partial charge is 0.282 e. The number of nitrogens with zero attached hydrogens (tertiary/aromatic N) is 3. The molecule has 4 nitrogen and oxygen atoms in total. The van der Waals surface area contributed by atoms with Gasteiger partial charge in [0.15, 0.2) is 5.13 Å². The predicted molar refractivity (Wildman–Crippen MR) is 132 cm³/mol. The van der Waals surface area contributed by atoms with Gasteiger partial charge < -0.3 is 0 Å². The zero-order chi connectivity index (χ0) is 22.1. The van der Waals surface area contributed by atoms with Crippen LogP contribution >= 0.6 is 11.3 Å². The van der Waals surface area contributed by atoms with Crippen LogP contribution in [0.15, 0.2) is 79.0 Å². The summed E-state index contributed by atoms with van der Waals surface area (Å²) in [5.41, 5.74) is 5.15. The van der Waals surface area contributed by atoms with Crippen molar-refractivity contribution in [3.63, 3.8) is 0 Å². The van der Waals surface area contributed by atoms with E-state index in [1.807, 2.05) is 42.5 Å². The molecule has 3 aromatic carbocycles. The topological polar surface area (TPSA) is 46.1 Å². The monoisotopic (exact) mass is 437 g/mol. The van der Waals surface area contributed by atoms with Crippen LogP contribution < -0.4 is 4.90 Å². The Hall–Kier alpha value is -3.57. The first kappa shape index (κ1) is 20.3. The average molecular weight is 438 g/mol. The molecule has 0 aliphatic rings. The van der Waals surface area contributed by atoms with Crippen LogP contribution in [-0.4, -0.2) is 15.9 Å². The number of hydrogen-bond donors (Lipinski definition) is 0. The van der Waals surface area contributed by atoms with Crippen LogP contribution in [0, 0.1) is 13.8 Å². The number of benzene rings is 3. The van der Waals surface area contributed by atoms with Gasteiger partial charge in [-0.15, -0.1) is 0 Å². The summed E-state index contributed by atoms with van der Waals surface area (Å²) in [5.74, 6) is 0.0143. The van der Waals surface area contributed by atoms with E-state index < -0.39 is 0 Å². The third-order valence-corrected chi connectivity index (χ3v) is 6.84. The third-order valence-electron chi connectivity index (χ3n) is 5.61. The number of hydrogen-bond acceptors (Lipinski definition) is 4. The number of amides is 1. The van der Waals surface area contributed by atoms with E-state index in [1.165, 1.54) is 11.1 Å². The van der Waals surface area contributed by atoms with Crippen molar-refractivity contribution in [3.05, 3.63) is 101 Å². The van der Waals surface area contributed by atoms with Crippen LogP contribution in [0.2, 0.25) is 0 Å². The van der Waals surface area contributed by atoms with Crippen molar-refractivity contribution in [1.82, 2.24) is 9.97 Å². The molecule has 5 aromatic rings. The normalized spacial score (nSPS) is 11.2. The standard InChI is InChI=1S/C27H23N3OS/c1-18-14-19(2)26-24(15-18)29-27(32-26)30(17-22-11-5-6-13-28-22)25(31)16-21-10-7-9-20-8-3-4-12-23(20)21/h3-15H,16-17H2,1-2H3. The summed E-state index contributed by atoms with van der Waals surface area (Å²) < 4.78 is 1.12. The Morgan fingerprint density at radius 2 is 1.78 bits per heavy atom. The van der Waals surface area contributed by atoms with Crippen LogP contribution in [0.5, 0.6) is 0 Å². The molecule has 2 aromatic heterocycles. The first-order chi connectivity index (χ1) is 15.6. The van der Waals surface area contributed by atoms with Crippen molar-refractivity contribution in [2.24, 2.45) is 0 Å². The molecule has 0 saturated carbocycles. The molecule has 0 unspecified atom stereocenters. The number of thiazole rings is 1. The molecule has 0 aliphatic heterocycles. The Morgan fingerprint density at radius 1 is 0.969 bits per heavy atom. The Morgan fingerprint density at radius 3 is 2.62 bits per heavy atom. The minimum Gasteiger partial charge on any atom is -0.282 e. The van der Waals surface area contributed by atoms with Crippen molar-refractivity contribution >= 4 is 43.4 Å². The lowest BCUT2D eigenvalue weighted by Crippen LogP contribution is -2.32. The van der Waals surface area contributed by atoms with Gasteiger partial charge in [0, 0.05) is 6.20 Å². The molecule has 5 rings (SSSR count). The maximum Gasteiger partial charge on any atom is 0.233 e. The molecule has 0 fully saturated rings. The maximum atomic E-state index is 13.7. The van der Waals surface area contributed by atoms with Gasteiger partial charge in [0.1, 0.15) is 0 Å². The van der Waals surface area contributed by atoms with Gasteiger partial charge in [-0.05, 0) is 59.5 Å². The number of carbonyl (C=O) groups excluding carboxylic acids is 1. The summed E-state index contributed by atoms with van der Waals surface area (Å²) in [6, 6.07) is 24.3. The summed E-state index contributed by atoms with van der Waals surface area (Å²) in [6.07, 6.45) is 2.07. The molecule has 158 valence electrons. The molecule has 1 amide bonds. The Balaban J connectivity index is 1.55. The van der Waals surface area contributed by atoms with Crippen LogP contribution in [0.25, 0.3) is 21.0 Å². The number of aromatic nitrogens is 2. The molecule has 0 spiro atoms. The number of rotatable bonds is 5. The van der Waals surface area contributed by atoms with Crippen LogP contribution in [0.4, 0.5) is 5.13 Å². The molecule has 0 N–H and O–H groups in total. The molecule has 2 heterocycles. The van der Waals surface area contributed by atoms with Gasteiger partial charge >= 0.3 is 0 Å². The van der Waals surface area contributed by atoms with E-state index in [-0.39, 0.29) is 5.91 Å². The van der Waals surface area contributed by atoms with E-state index in [4.69, 9.17) is 4.98 Å². The second-order valence-electron chi connectivity index (χ2n) is 8.04. The van der Waals surface area contributed by atoms with Gasteiger partial charge in [0.05, 0.1) is 28.9 Å². The van der Waals surface area contributed by atoms with E-state index in [0.717, 1.165) is 32.2 Å². The highest BCUT2D eigenvalue weighted by molar-refractivity contribution is 7.22. The molecule has 0 aliphatic carbocycles. The molecular weight excluding hydrogens is 414 g/mol. The quantitative estimate of drug-likeness (QED) is 0.327. The van der Waals surface area contributed by atoms with Crippen LogP contribution in [0.3, 0.4) is 0 Å². The second kappa shape index (κ2) is 8.52. The number of aryl methyl sites for hydroxylation is 2. The molecular formula is C27H23N3OS. The van der Waals surface area contributed by atoms with Crippen molar-refractivity contribution in [2.45, 2.75) is 26.8 Å². The molecule has 0 bridgehead atoms. The maximum absolute atomic E-state index is 13.7. The molecule has 0 radical (unpaired) electrons. The van der Waals surface area contributed by atoms with Crippen molar-refractivity contribution in [3.8, 4) is 0 Å². The van der Waals surface area contributed by atoms with Gasteiger partial charge in [-0.3, -0.25) is 14.7 Å². The molecule has 5 heteroatoms. The zero-order valence-electron chi connectivity index (χ0n) is 18.1. The van der Waals surface area contributed by atoms with Gasteiger partial charge in [-0.2, -0.15) is 0 Å². The Kier molecular flexibility index (Phi) is 5.41. The SMILES string of the molecule is Cc1cc(C)c2sc(N(Cc3ccccn3)C(=O)Cc3cccc4ccccc34)nc2c1. The van der Waals surface area contributed by atoms with E-state index >= 15 is 0 Å². The van der Waals surface area contributed by atoms with Crippen molar-refractivity contribution in [2.75, 3.05) is 4.90 Å². The van der Waals surface area contributed by atoms with Gasteiger partial charge in [0.2, 0.25) is 5.91 Å². The fraction of sp³-hybridized carbons (Fsp3) is 0.148. The third kappa shape index (κ3) is 3.99. The summed E-state index contributed by atoms with van der Waals surface area (Å²) in [7, 11) is 0. The molecule has 0 atom stereocenters. The minimum atomic E-state index is 0.0143. The van der Waals surface area contributed by atoms with Gasteiger partial charge in [-0.25, -0.2) is 4.98 Å². The van der Waals surface area contributed by atoms with Crippen LogP contribution in [-0.2, 0) is 17.8 Å². The van der Waals surface area contributed by atoms with E-state index in [2.05, 4.69) is 49.2 Å². The lowest BCUT2D eigenvalue weighted by Gasteiger charge is -2.20. The number of carbonyl (C=O) groups is 1. The van der Waals surface area contributed by atoms with Crippen molar-refractivity contribution in [1.29, 1.82) is 0 Å². The van der Waals surface area contributed by atoms with E-state index in [9.17, 15) is 4.79 Å². The lowest BCUT2D eigenvalue weighted by atomic mass is 10.0. The fourth-order valence-corrected chi connectivity index (χ4v) is 5.13. The molecule has 32 heavy (non-hydrogen) atoms. The highest BCUT2D eigenvalue weighted by Crippen LogP contribution is 2.33. The van der Waals surface area contributed by atoms with Crippen LogP contribution in [0.1, 0.15) is 22.4 Å². The van der Waals surface area contributed by atoms with Gasteiger partial charge in [-0.1, -0.05) is 65.9 Å². The van der Waals surface area contributed by atoms with Crippen molar-refractivity contribution < 1.29 is 4.79 Å². The first-order valence-electron chi connectivity index (χ1n) is 10.6. The van der Waals surface area contributed by atoms with E-state index in [1.54, 1.807) is 22.4 Å². The highest BCUT2D eigenvalue weighted by atomic mass is 32.1. The summed E-state index contributed by atoms with van der Waals surface area (Å²) in [5, 5.41) is 2.96. The number of fused-ring (bicyclic) bond motifs is 2. The smallest absolute Gasteiger partial charge is 0.233 e. The second-order valence-corrected chi connectivity index (χ2v) is 9.02. The lowest BCUT2D eigenvalue weighted by molar-refractivity contribution is -0.118. The summed E-state index contributed by atoms with van der Waals surface area (Å²) >= 11 is 1.57. The number of pyridine rings is 1. The van der Waals surface area contributed by atoms with Gasteiger partial charge in [0.25, 0.3) is 0 Å². The number of anilines is 1. The zero-order valence-corrected chi connectivity index (χ0v) is 18.9. The highest BCUT2D eigenvalue weighted by Gasteiger charge is 2.22. The summed E-state index contributed by atoms with van der Waals surface area (Å²) in [4.78, 5) is 24.7.